The highest BCUT2D eigenvalue weighted by atomic mass is 31.2. The second-order valence-corrected chi connectivity index (χ2v) is 1.56. The van der Waals surface area contributed by atoms with Gasteiger partial charge in [-0.25, -0.2) is 0 Å². The average Bonchev–Trinajstić information content (AvgIpc) is 1.25. The van der Waals surface area contributed by atoms with Crippen LogP contribution in [0.15, 0.2) is 0 Å². The monoisotopic (exact) mass is 163 g/mol. The van der Waals surface area contributed by atoms with Gasteiger partial charge in [0.05, 0.1) is 0 Å². The summed E-state index contributed by atoms with van der Waals surface area (Å²) in [7, 11) is -5.49. The first-order chi connectivity index (χ1) is 3.46. The SMILES string of the molecule is O=[P+](O)O.OP(O)O. The molecule has 6 nitrogen and oxygen atoms in total. The first-order valence-electron chi connectivity index (χ1n) is 1.18. The molecule has 50 valence electrons. The predicted octanol–water partition coefficient (Wildman–Crippen LogP) is -1.18. The third kappa shape index (κ3) is 1650. The second kappa shape index (κ2) is 7.33. The molecular formula is H5O6P2+. The van der Waals surface area contributed by atoms with Gasteiger partial charge in [0.25, 0.3) is 0 Å². The van der Waals surface area contributed by atoms with E-state index in [1.54, 1.807) is 0 Å². The lowest BCUT2D eigenvalue weighted by Crippen LogP contribution is -1.54. The van der Waals surface area contributed by atoms with Crippen LogP contribution in [0.5, 0.6) is 0 Å². The van der Waals surface area contributed by atoms with Gasteiger partial charge >= 0.3 is 16.9 Å². The molecule has 0 aliphatic heterocycles. The minimum Gasteiger partial charge on any atom is -0.328 e. The van der Waals surface area contributed by atoms with Crippen LogP contribution in [-0.4, -0.2) is 24.5 Å². The quantitative estimate of drug-likeness (QED) is 0.287. The second-order valence-electron chi connectivity index (χ2n) is 0.521. The van der Waals surface area contributed by atoms with Crippen molar-refractivity contribution >= 4 is 16.9 Å². The molecule has 0 aliphatic rings. The topological polar surface area (TPSA) is 118 Å². The van der Waals surface area contributed by atoms with Crippen LogP contribution in [0.25, 0.3) is 0 Å². The smallest absolute Gasteiger partial charge is 0.328 e. The Morgan fingerprint density at radius 3 is 1.12 bits per heavy atom. The van der Waals surface area contributed by atoms with Crippen LogP contribution >= 0.6 is 16.9 Å². The van der Waals surface area contributed by atoms with E-state index in [4.69, 9.17) is 29.0 Å². The van der Waals surface area contributed by atoms with E-state index in [0.717, 1.165) is 0 Å². The van der Waals surface area contributed by atoms with Gasteiger partial charge in [-0.1, -0.05) is 0 Å². The molecule has 0 fully saturated rings. The fourth-order valence-electron chi connectivity index (χ4n) is 0. The Hall–Kier alpha value is 0.330. The Morgan fingerprint density at radius 2 is 1.12 bits per heavy atom. The van der Waals surface area contributed by atoms with Crippen molar-refractivity contribution in [2.45, 2.75) is 0 Å². The molecule has 0 saturated carbocycles. The average molecular weight is 163 g/mol. The van der Waals surface area contributed by atoms with Crippen molar-refractivity contribution in [3.8, 4) is 0 Å². The van der Waals surface area contributed by atoms with E-state index in [0.29, 0.717) is 0 Å². The van der Waals surface area contributed by atoms with E-state index in [9.17, 15) is 0 Å². The van der Waals surface area contributed by atoms with Crippen LogP contribution in [0.3, 0.4) is 0 Å². The van der Waals surface area contributed by atoms with Crippen molar-refractivity contribution in [1.29, 1.82) is 0 Å². The lowest BCUT2D eigenvalue weighted by Gasteiger charge is -1.76. The van der Waals surface area contributed by atoms with Gasteiger partial charge in [0.1, 0.15) is 0 Å². The largest absolute Gasteiger partial charge is 0.692 e. The summed E-state index contributed by atoms with van der Waals surface area (Å²) >= 11 is 0. The van der Waals surface area contributed by atoms with Crippen LogP contribution in [0.1, 0.15) is 0 Å². The number of hydrogen-bond donors (Lipinski definition) is 5. The normalized spacial score (nSPS) is 7.75. The molecule has 0 unspecified atom stereocenters. The van der Waals surface area contributed by atoms with Crippen LogP contribution in [0, 0.1) is 0 Å². The van der Waals surface area contributed by atoms with Crippen molar-refractivity contribution in [3.63, 3.8) is 0 Å². The molecule has 0 aromatic carbocycles. The summed E-state index contributed by atoms with van der Waals surface area (Å²) in [6.07, 6.45) is 0. The highest BCUT2D eigenvalue weighted by molar-refractivity contribution is 7.38. The molecule has 0 aromatic rings. The molecule has 8 heteroatoms. The maximum absolute atomic E-state index is 8.70. The van der Waals surface area contributed by atoms with Gasteiger partial charge in [0, 0.05) is 4.57 Å². The summed E-state index contributed by atoms with van der Waals surface area (Å²) in [4.78, 5) is 35.9. The molecular weight excluding hydrogens is 158 g/mol. The zero-order chi connectivity index (χ0) is 7.15. The van der Waals surface area contributed by atoms with E-state index >= 15 is 0 Å². The van der Waals surface area contributed by atoms with Crippen molar-refractivity contribution in [3.05, 3.63) is 0 Å². The van der Waals surface area contributed by atoms with Crippen molar-refractivity contribution in [2.24, 2.45) is 0 Å². The van der Waals surface area contributed by atoms with Gasteiger partial charge in [0.2, 0.25) is 0 Å². The Balaban J connectivity index is 0. The maximum atomic E-state index is 8.70. The highest BCUT2D eigenvalue weighted by Gasteiger charge is 1.93. The van der Waals surface area contributed by atoms with Crippen LogP contribution in [-0.2, 0) is 4.57 Å². The molecule has 0 spiro atoms. The third-order valence-corrected chi connectivity index (χ3v) is 0. The first kappa shape index (κ1) is 11.2. The predicted molar refractivity (Wildman–Crippen MR) is 25.6 cm³/mol. The van der Waals surface area contributed by atoms with Crippen LogP contribution < -0.4 is 0 Å². The standard InChI is InChI=1S/H3O3P.HO3P/c2*1-4(2)3/h1-3H;(H-,1,2,3)/p+1. The number of hydrogen-bond acceptors (Lipinski definition) is 4. The summed E-state index contributed by atoms with van der Waals surface area (Å²) < 4.78 is 8.70. The van der Waals surface area contributed by atoms with Crippen molar-refractivity contribution in [2.75, 3.05) is 0 Å². The summed E-state index contributed by atoms with van der Waals surface area (Å²) in [6, 6.07) is 0. The van der Waals surface area contributed by atoms with Crippen molar-refractivity contribution in [1.82, 2.24) is 0 Å². The zero-order valence-corrected chi connectivity index (χ0v) is 5.33. The van der Waals surface area contributed by atoms with Gasteiger partial charge < -0.3 is 14.7 Å². The van der Waals surface area contributed by atoms with Gasteiger partial charge in [0.15, 0.2) is 0 Å². The molecule has 0 amide bonds. The fraction of sp³-hybridized carbons (Fsp3) is 0. The molecule has 0 atom stereocenters. The van der Waals surface area contributed by atoms with E-state index in [1.807, 2.05) is 0 Å². The zero-order valence-electron chi connectivity index (χ0n) is 3.54. The fourth-order valence-corrected chi connectivity index (χ4v) is 0. The van der Waals surface area contributed by atoms with Crippen LogP contribution in [0.4, 0.5) is 0 Å². The molecule has 8 heavy (non-hydrogen) atoms. The molecule has 0 rings (SSSR count). The first-order valence-corrected chi connectivity index (χ1v) is 3.55. The molecule has 0 bridgehead atoms. The van der Waals surface area contributed by atoms with Gasteiger partial charge in [-0.2, -0.15) is 0 Å². The van der Waals surface area contributed by atoms with E-state index in [2.05, 4.69) is 0 Å². The lowest BCUT2D eigenvalue weighted by atomic mass is 15.8. The molecule has 0 aliphatic carbocycles. The molecule has 0 radical (unpaired) electrons. The Bertz CT molecular complexity index is 50.8. The van der Waals surface area contributed by atoms with Crippen molar-refractivity contribution < 1.29 is 29.0 Å². The molecule has 0 heterocycles. The van der Waals surface area contributed by atoms with Crippen LogP contribution in [0.2, 0.25) is 0 Å². The Kier molecular flexibility index (Phi) is 10.2. The minimum absolute atomic E-state index is 2.62. The van der Waals surface area contributed by atoms with Gasteiger partial charge in [-0.15, -0.1) is 9.79 Å². The summed E-state index contributed by atoms with van der Waals surface area (Å²) in [5.41, 5.74) is 0. The van der Waals surface area contributed by atoms with E-state index in [-0.39, 0.29) is 0 Å². The highest BCUT2D eigenvalue weighted by Crippen LogP contribution is 2.11. The van der Waals surface area contributed by atoms with E-state index in [1.165, 1.54) is 0 Å². The minimum atomic E-state index is -2.87. The van der Waals surface area contributed by atoms with Gasteiger partial charge in [-0.3, -0.25) is 0 Å². The molecule has 5 N–H and O–H groups in total. The van der Waals surface area contributed by atoms with Gasteiger partial charge in [-0.05, 0) is 0 Å². The molecule has 0 aromatic heterocycles. The summed E-state index contributed by atoms with van der Waals surface area (Å²) in [5, 5.41) is 0. The molecule has 0 saturated heterocycles. The summed E-state index contributed by atoms with van der Waals surface area (Å²) in [6.45, 7) is 0. The lowest BCUT2D eigenvalue weighted by molar-refractivity contribution is 0.368. The Morgan fingerprint density at radius 1 is 1.12 bits per heavy atom. The Labute approximate surface area is 47.0 Å². The maximum Gasteiger partial charge on any atom is 0.692 e. The number of rotatable bonds is 0. The third-order valence-electron chi connectivity index (χ3n) is 0. The summed E-state index contributed by atoms with van der Waals surface area (Å²) in [5.74, 6) is 0. The van der Waals surface area contributed by atoms with E-state index < -0.39 is 16.9 Å².